The summed E-state index contributed by atoms with van der Waals surface area (Å²) in [5.41, 5.74) is 7.60. The van der Waals surface area contributed by atoms with Crippen molar-refractivity contribution < 1.29 is 8.42 Å². The van der Waals surface area contributed by atoms with Crippen molar-refractivity contribution in [3.05, 3.63) is 30.6 Å². The van der Waals surface area contributed by atoms with Gasteiger partial charge in [0.25, 0.3) is 0 Å². The zero-order valence-corrected chi connectivity index (χ0v) is 11.9. The van der Waals surface area contributed by atoms with Crippen LogP contribution in [0.5, 0.6) is 0 Å². The largest absolute Gasteiger partial charge is 0.398 e. The van der Waals surface area contributed by atoms with E-state index in [1.807, 2.05) is 18.2 Å². The fourth-order valence-corrected chi connectivity index (χ4v) is 4.52. The number of anilines is 2. The van der Waals surface area contributed by atoms with Crippen molar-refractivity contribution in [3.8, 4) is 0 Å². The third-order valence-electron chi connectivity index (χ3n) is 3.76. The Bertz CT molecular complexity index is 743. The summed E-state index contributed by atoms with van der Waals surface area (Å²) in [5, 5.41) is 5.27. The van der Waals surface area contributed by atoms with Crippen molar-refractivity contribution in [2.45, 2.75) is 6.42 Å². The molecule has 2 aromatic rings. The molecule has 106 valence electrons. The summed E-state index contributed by atoms with van der Waals surface area (Å²) in [4.78, 5) is 4.08. The normalized spacial score (nSPS) is 21.1. The van der Waals surface area contributed by atoms with Gasteiger partial charge in [-0.1, -0.05) is 0 Å². The lowest BCUT2D eigenvalue weighted by Crippen LogP contribution is -2.15. The van der Waals surface area contributed by atoms with E-state index >= 15 is 0 Å². The van der Waals surface area contributed by atoms with E-state index in [-0.39, 0.29) is 11.7 Å². The second-order valence-electron chi connectivity index (χ2n) is 5.27. The maximum atomic E-state index is 11.5. The molecule has 1 aromatic carbocycles. The van der Waals surface area contributed by atoms with E-state index in [9.17, 15) is 8.42 Å². The standard InChI is InChI=1S/C14H17N3O2S/c15-13-1-2-14(11-3-5-16-8-12(11)13)17-7-10-4-6-20(18,19)9-10/h1-3,5,8,10,17H,4,6-7,9,15H2. The lowest BCUT2D eigenvalue weighted by atomic mass is 10.1. The summed E-state index contributed by atoms with van der Waals surface area (Å²) in [6.07, 6.45) is 4.21. The number of sulfone groups is 1. The van der Waals surface area contributed by atoms with Crippen molar-refractivity contribution in [2.24, 2.45) is 5.92 Å². The Morgan fingerprint density at radius 3 is 2.90 bits per heavy atom. The molecule has 2 heterocycles. The molecule has 3 N–H and O–H groups in total. The molecule has 0 spiro atoms. The first kappa shape index (κ1) is 13.2. The minimum atomic E-state index is -2.82. The zero-order valence-electron chi connectivity index (χ0n) is 11.0. The maximum Gasteiger partial charge on any atom is 0.150 e. The van der Waals surface area contributed by atoms with Gasteiger partial charge < -0.3 is 11.1 Å². The van der Waals surface area contributed by atoms with Crippen LogP contribution in [-0.2, 0) is 9.84 Å². The Morgan fingerprint density at radius 2 is 2.15 bits per heavy atom. The van der Waals surface area contributed by atoms with E-state index in [1.54, 1.807) is 12.4 Å². The van der Waals surface area contributed by atoms with Crippen LogP contribution in [0.3, 0.4) is 0 Å². The summed E-state index contributed by atoms with van der Waals surface area (Å²) in [6, 6.07) is 5.69. The molecule has 0 bridgehead atoms. The van der Waals surface area contributed by atoms with E-state index in [2.05, 4.69) is 10.3 Å². The molecule has 20 heavy (non-hydrogen) atoms. The Kier molecular flexibility index (Phi) is 3.25. The van der Waals surface area contributed by atoms with Gasteiger partial charge in [-0.05, 0) is 30.5 Å². The van der Waals surface area contributed by atoms with Gasteiger partial charge in [-0.2, -0.15) is 0 Å². The SMILES string of the molecule is Nc1ccc(NCC2CCS(=O)(=O)C2)c2ccncc12. The van der Waals surface area contributed by atoms with Gasteiger partial charge in [-0.3, -0.25) is 4.98 Å². The lowest BCUT2D eigenvalue weighted by molar-refractivity contribution is 0.596. The first-order chi connectivity index (χ1) is 9.55. The van der Waals surface area contributed by atoms with Crippen LogP contribution < -0.4 is 11.1 Å². The topological polar surface area (TPSA) is 85.1 Å². The molecule has 1 aromatic heterocycles. The number of fused-ring (bicyclic) bond motifs is 1. The van der Waals surface area contributed by atoms with Crippen molar-refractivity contribution in [1.82, 2.24) is 4.98 Å². The third-order valence-corrected chi connectivity index (χ3v) is 5.60. The fraction of sp³-hybridized carbons (Fsp3) is 0.357. The number of pyridine rings is 1. The average Bonchev–Trinajstić information content (AvgIpc) is 2.78. The summed E-state index contributed by atoms with van der Waals surface area (Å²) in [5.74, 6) is 0.787. The van der Waals surface area contributed by atoms with E-state index in [1.165, 1.54) is 0 Å². The second kappa shape index (κ2) is 4.94. The molecule has 0 radical (unpaired) electrons. The minimum Gasteiger partial charge on any atom is -0.398 e. The highest BCUT2D eigenvalue weighted by Crippen LogP contribution is 2.28. The molecule has 6 heteroatoms. The molecule has 1 aliphatic rings. The van der Waals surface area contributed by atoms with Gasteiger partial charge in [0, 0.05) is 41.1 Å². The highest BCUT2D eigenvalue weighted by molar-refractivity contribution is 7.91. The molecular weight excluding hydrogens is 274 g/mol. The minimum absolute atomic E-state index is 0.189. The smallest absolute Gasteiger partial charge is 0.150 e. The Labute approximate surface area is 118 Å². The van der Waals surface area contributed by atoms with Gasteiger partial charge in [-0.25, -0.2) is 8.42 Å². The third kappa shape index (κ3) is 2.56. The summed E-state index contributed by atoms with van der Waals surface area (Å²) in [6.45, 7) is 0.667. The molecule has 3 rings (SSSR count). The highest BCUT2D eigenvalue weighted by Gasteiger charge is 2.27. The number of nitrogens with zero attached hydrogens (tertiary/aromatic N) is 1. The van der Waals surface area contributed by atoms with Crippen LogP contribution in [0.15, 0.2) is 30.6 Å². The van der Waals surface area contributed by atoms with Gasteiger partial charge >= 0.3 is 0 Å². The molecule has 1 unspecified atom stereocenters. The van der Waals surface area contributed by atoms with Gasteiger partial charge in [0.05, 0.1) is 11.5 Å². The van der Waals surface area contributed by atoms with Crippen LogP contribution in [0, 0.1) is 5.92 Å². The van der Waals surface area contributed by atoms with Crippen LogP contribution in [-0.4, -0.2) is 31.5 Å². The number of nitrogen functional groups attached to an aromatic ring is 1. The number of aromatic nitrogens is 1. The lowest BCUT2D eigenvalue weighted by Gasteiger charge is -2.13. The highest BCUT2D eigenvalue weighted by atomic mass is 32.2. The van der Waals surface area contributed by atoms with Crippen molar-refractivity contribution in [3.63, 3.8) is 0 Å². The number of hydrogen-bond acceptors (Lipinski definition) is 5. The molecule has 1 atom stereocenters. The van der Waals surface area contributed by atoms with Crippen LogP contribution in [0.25, 0.3) is 10.8 Å². The van der Waals surface area contributed by atoms with Crippen LogP contribution in [0.1, 0.15) is 6.42 Å². The Morgan fingerprint density at radius 1 is 1.30 bits per heavy atom. The van der Waals surface area contributed by atoms with Gasteiger partial charge in [-0.15, -0.1) is 0 Å². The van der Waals surface area contributed by atoms with Crippen LogP contribution in [0.2, 0.25) is 0 Å². The molecule has 0 saturated carbocycles. The number of hydrogen-bond donors (Lipinski definition) is 2. The summed E-state index contributed by atoms with van der Waals surface area (Å²) >= 11 is 0. The number of benzene rings is 1. The summed E-state index contributed by atoms with van der Waals surface area (Å²) < 4.78 is 22.9. The predicted molar refractivity (Wildman–Crippen MR) is 81.4 cm³/mol. The first-order valence-electron chi connectivity index (χ1n) is 6.62. The molecule has 0 amide bonds. The molecule has 1 saturated heterocycles. The van der Waals surface area contributed by atoms with Crippen LogP contribution in [0.4, 0.5) is 11.4 Å². The monoisotopic (exact) mass is 291 g/mol. The van der Waals surface area contributed by atoms with E-state index in [0.29, 0.717) is 18.0 Å². The quantitative estimate of drug-likeness (QED) is 0.840. The van der Waals surface area contributed by atoms with Crippen molar-refractivity contribution in [1.29, 1.82) is 0 Å². The molecule has 1 fully saturated rings. The molecule has 0 aliphatic carbocycles. The Balaban J connectivity index is 1.80. The maximum absolute atomic E-state index is 11.5. The average molecular weight is 291 g/mol. The van der Waals surface area contributed by atoms with E-state index in [4.69, 9.17) is 5.73 Å². The second-order valence-corrected chi connectivity index (χ2v) is 7.50. The van der Waals surface area contributed by atoms with E-state index in [0.717, 1.165) is 22.9 Å². The molecular formula is C14H17N3O2S. The van der Waals surface area contributed by atoms with Crippen LogP contribution >= 0.6 is 0 Å². The van der Waals surface area contributed by atoms with Crippen molar-refractivity contribution in [2.75, 3.05) is 29.1 Å². The first-order valence-corrected chi connectivity index (χ1v) is 8.44. The Hall–Kier alpha value is -1.82. The van der Waals surface area contributed by atoms with Crippen molar-refractivity contribution >= 4 is 32.0 Å². The molecule has 1 aliphatic heterocycles. The van der Waals surface area contributed by atoms with Gasteiger partial charge in [0.15, 0.2) is 9.84 Å². The summed E-state index contributed by atoms with van der Waals surface area (Å²) in [7, 11) is -2.82. The predicted octanol–water partition coefficient (Wildman–Crippen LogP) is 1.66. The van der Waals surface area contributed by atoms with Gasteiger partial charge in [0.1, 0.15) is 0 Å². The van der Waals surface area contributed by atoms with Gasteiger partial charge in [0.2, 0.25) is 0 Å². The molecule has 5 nitrogen and oxygen atoms in total. The fourth-order valence-electron chi connectivity index (χ4n) is 2.65. The van der Waals surface area contributed by atoms with E-state index < -0.39 is 9.84 Å². The zero-order chi connectivity index (χ0) is 14.2. The number of nitrogens with one attached hydrogen (secondary N) is 1. The number of rotatable bonds is 3. The number of nitrogens with two attached hydrogens (primary N) is 1.